The van der Waals surface area contributed by atoms with Gasteiger partial charge in [0.05, 0.1) is 5.02 Å². The standard InChI is InChI=1S/C4H2ClIOS/c5-2-1-8-4(6)3(2)7/h1,7H. The molecule has 0 aliphatic heterocycles. The predicted octanol–water partition coefficient (Wildman–Crippen LogP) is 2.71. The molecule has 0 amide bonds. The van der Waals surface area contributed by atoms with Crippen molar-refractivity contribution in [1.29, 1.82) is 0 Å². The molecule has 0 saturated carbocycles. The summed E-state index contributed by atoms with van der Waals surface area (Å²) in [5.41, 5.74) is 0. The Morgan fingerprint density at radius 3 is 2.50 bits per heavy atom. The Morgan fingerprint density at radius 1 is 1.75 bits per heavy atom. The average molecular weight is 260 g/mol. The Morgan fingerprint density at radius 2 is 2.38 bits per heavy atom. The molecule has 0 aromatic carbocycles. The van der Waals surface area contributed by atoms with Gasteiger partial charge in [0.2, 0.25) is 0 Å². The SMILES string of the molecule is Oc1c(Cl)csc1I. The molecule has 0 radical (unpaired) electrons. The van der Waals surface area contributed by atoms with Gasteiger partial charge in [-0.05, 0) is 22.6 Å². The molecule has 0 aliphatic carbocycles. The van der Waals surface area contributed by atoms with E-state index >= 15 is 0 Å². The molecular formula is C4H2ClIOS. The van der Waals surface area contributed by atoms with E-state index in [1.54, 1.807) is 5.38 Å². The van der Waals surface area contributed by atoms with Crippen LogP contribution in [0, 0.1) is 2.88 Å². The smallest absolute Gasteiger partial charge is 0.158 e. The molecule has 1 aromatic heterocycles. The molecule has 0 unspecified atom stereocenters. The fourth-order valence-corrected chi connectivity index (χ4v) is 1.96. The molecule has 0 saturated heterocycles. The van der Waals surface area contributed by atoms with E-state index in [9.17, 15) is 0 Å². The molecule has 1 rings (SSSR count). The second kappa shape index (κ2) is 2.41. The molecule has 0 aliphatic rings. The van der Waals surface area contributed by atoms with Crippen LogP contribution in [0.1, 0.15) is 0 Å². The van der Waals surface area contributed by atoms with E-state index in [4.69, 9.17) is 16.7 Å². The van der Waals surface area contributed by atoms with E-state index in [-0.39, 0.29) is 5.75 Å². The lowest BCUT2D eigenvalue weighted by Crippen LogP contribution is -1.56. The van der Waals surface area contributed by atoms with Crippen molar-refractivity contribution in [2.45, 2.75) is 0 Å². The molecule has 0 fully saturated rings. The Bertz CT molecular complexity index is 178. The fraction of sp³-hybridized carbons (Fsp3) is 0. The third kappa shape index (κ3) is 1.09. The molecule has 1 aromatic rings. The maximum atomic E-state index is 8.92. The largest absolute Gasteiger partial charge is 0.504 e. The summed E-state index contributed by atoms with van der Waals surface area (Å²) < 4.78 is 0.840. The zero-order chi connectivity index (χ0) is 6.15. The van der Waals surface area contributed by atoms with Crippen LogP contribution in [0.3, 0.4) is 0 Å². The summed E-state index contributed by atoms with van der Waals surface area (Å²) in [6.07, 6.45) is 0. The lowest BCUT2D eigenvalue weighted by molar-refractivity contribution is 0.475. The minimum Gasteiger partial charge on any atom is -0.504 e. The van der Waals surface area contributed by atoms with Crippen molar-refractivity contribution >= 4 is 45.5 Å². The van der Waals surface area contributed by atoms with Gasteiger partial charge in [-0.1, -0.05) is 11.6 Å². The second-order valence-corrected chi connectivity index (χ2v) is 4.30. The van der Waals surface area contributed by atoms with Gasteiger partial charge in [-0.2, -0.15) is 0 Å². The highest BCUT2D eigenvalue weighted by atomic mass is 127. The number of hydrogen-bond donors (Lipinski definition) is 1. The van der Waals surface area contributed by atoms with Gasteiger partial charge in [0.25, 0.3) is 0 Å². The molecule has 8 heavy (non-hydrogen) atoms. The van der Waals surface area contributed by atoms with E-state index in [1.807, 2.05) is 22.6 Å². The summed E-state index contributed by atoms with van der Waals surface area (Å²) in [5, 5.41) is 11.1. The van der Waals surface area contributed by atoms with Crippen LogP contribution < -0.4 is 0 Å². The molecule has 0 spiro atoms. The molecule has 44 valence electrons. The molecule has 1 heterocycles. The molecule has 4 heteroatoms. The van der Waals surface area contributed by atoms with E-state index in [1.165, 1.54) is 11.3 Å². The number of halogens is 2. The summed E-state index contributed by atoms with van der Waals surface area (Å²) in [6, 6.07) is 0. The van der Waals surface area contributed by atoms with Crippen LogP contribution in [-0.4, -0.2) is 5.11 Å². The predicted molar refractivity (Wildman–Crippen MR) is 43.7 cm³/mol. The van der Waals surface area contributed by atoms with Gasteiger partial charge in [-0.25, -0.2) is 0 Å². The van der Waals surface area contributed by atoms with E-state index in [2.05, 4.69) is 0 Å². The summed E-state index contributed by atoms with van der Waals surface area (Å²) in [5.74, 6) is 0.206. The van der Waals surface area contributed by atoms with Crippen LogP contribution in [-0.2, 0) is 0 Å². The molecule has 1 nitrogen and oxygen atoms in total. The highest BCUT2D eigenvalue weighted by molar-refractivity contribution is 14.1. The quantitative estimate of drug-likeness (QED) is 0.711. The van der Waals surface area contributed by atoms with Crippen molar-refractivity contribution in [2.24, 2.45) is 0 Å². The van der Waals surface area contributed by atoms with Crippen LogP contribution >= 0.6 is 45.5 Å². The number of hydrogen-bond acceptors (Lipinski definition) is 2. The Kier molecular flexibility index (Phi) is 2.00. The first-order valence-corrected chi connectivity index (χ1v) is 4.17. The lowest BCUT2D eigenvalue weighted by Gasteiger charge is -1.82. The van der Waals surface area contributed by atoms with Gasteiger partial charge in [0.1, 0.15) is 2.88 Å². The summed E-state index contributed by atoms with van der Waals surface area (Å²) in [4.78, 5) is 0. The van der Waals surface area contributed by atoms with Crippen LogP contribution in [0.25, 0.3) is 0 Å². The zero-order valence-electron chi connectivity index (χ0n) is 3.69. The van der Waals surface area contributed by atoms with Crippen molar-refractivity contribution in [2.75, 3.05) is 0 Å². The van der Waals surface area contributed by atoms with Crippen LogP contribution in [0.2, 0.25) is 5.02 Å². The monoisotopic (exact) mass is 260 g/mol. The number of thiophene rings is 1. The van der Waals surface area contributed by atoms with Crippen molar-refractivity contribution in [3.63, 3.8) is 0 Å². The van der Waals surface area contributed by atoms with E-state index < -0.39 is 0 Å². The first-order valence-electron chi connectivity index (χ1n) is 1.83. The first kappa shape index (κ1) is 6.64. The van der Waals surface area contributed by atoms with Crippen molar-refractivity contribution in [1.82, 2.24) is 0 Å². The van der Waals surface area contributed by atoms with Gasteiger partial charge in [-0.15, -0.1) is 11.3 Å². The minimum absolute atomic E-state index is 0.206. The Labute approximate surface area is 69.4 Å². The van der Waals surface area contributed by atoms with Crippen molar-refractivity contribution < 1.29 is 5.11 Å². The molecular weight excluding hydrogens is 258 g/mol. The summed E-state index contributed by atoms with van der Waals surface area (Å²) >= 11 is 8.95. The lowest BCUT2D eigenvalue weighted by atomic mass is 10.6. The third-order valence-electron chi connectivity index (χ3n) is 0.678. The van der Waals surface area contributed by atoms with Crippen LogP contribution in [0.5, 0.6) is 5.75 Å². The number of aromatic hydroxyl groups is 1. The molecule has 0 bridgehead atoms. The maximum Gasteiger partial charge on any atom is 0.158 e. The summed E-state index contributed by atoms with van der Waals surface area (Å²) in [7, 11) is 0. The van der Waals surface area contributed by atoms with Gasteiger partial charge in [-0.3, -0.25) is 0 Å². The van der Waals surface area contributed by atoms with Crippen molar-refractivity contribution in [3.8, 4) is 5.75 Å². The Hall–Kier alpha value is 0.520. The topological polar surface area (TPSA) is 20.2 Å². The fourth-order valence-electron chi connectivity index (χ4n) is 0.309. The van der Waals surface area contributed by atoms with Gasteiger partial charge in [0.15, 0.2) is 5.75 Å². The highest BCUT2D eigenvalue weighted by Crippen LogP contribution is 2.33. The average Bonchev–Trinajstić information content (AvgIpc) is 1.98. The zero-order valence-corrected chi connectivity index (χ0v) is 7.42. The van der Waals surface area contributed by atoms with Crippen molar-refractivity contribution in [3.05, 3.63) is 13.3 Å². The normalized spacial score (nSPS) is 9.75. The minimum atomic E-state index is 0.206. The van der Waals surface area contributed by atoms with Gasteiger partial charge < -0.3 is 5.11 Å². The Balaban J connectivity index is 3.19. The van der Waals surface area contributed by atoms with E-state index in [0.717, 1.165) is 2.88 Å². The van der Waals surface area contributed by atoms with Gasteiger partial charge >= 0.3 is 0 Å². The first-order chi connectivity index (χ1) is 3.72. The van der Waals surface area contributed by atoms with Crippen LogP contribution in [0.15, 0.2) is 5.38 Å². The highest BCUT2D eigenvalue weighted by Gasteiger charge is 2.02. The maximum absolute atomic E-state index is 8.92. The van der Waals surface area contributed by atoms with E-state index in [0.29, 0.717) is 5.02 Å². The number of rotatable bonds is 0. The third-order valence-corrected chi connectivity index (χ3v) is 3.12. The second-order valence-electron chi connectivity index (χ2n) is 1.21. The molecule has 0 atom stereocenters. The summed E-state index contributed by atoms with van der Waals surface area (Å²) in [6.45, 7) is 0. The molecule has 1 N–H and O–H groups in total. The van der Waals surface area contributed by atoms with Crippen LogP contribution in [0.4, 0.5) is 0 Å². The van der Waals surface area contributed by atoms with Gasteiger partial charge in [0, 0.05) is 5.38 Å².